The van der Waals surface area contributed by atoms with Gasteiger partial charge in [0.15, 0.2) is 5.13 Å². The van der Waals surface area contributed by atoms with Crippen molar-refractivity contribution in [3.05, 3.63) is 63.4 Å². The van der Waals surface area contributed by atoms with Crippen LogP contribution in [0.25, 0.3) is 11.3 Å². The Hall–Kier alpha value is -2.38. The van der Waals surface area contributed by atoms with Crippen molar-refractivity contribution in [1.29, 1.82) is 0 Å². The maximum atomic E-state index is 11.2. The van der Waals surface area contributed by atoms with Crippen LogP contribution in [0.1, 0.15) is 17.5 Å². The third kappa shape index (κ3) is 5.56. The summed E-state index contributed by atoms with van der Waals surface area (Å²) in [6.07, 6.45) is 0.303. The summed E-state index contributed by atoms with van der Waals surface area (Å²) in [5, 5.41) is 5.91. The number of carbonyl (C=O) groups is 1. The number of nitrogens with one attached hydrogen (secondary N) is 1. The average molecular weight is 461 g/mol. The quantitative estimate of drug-likeness (QED) is 0.453. The Morgan fingerprint density at radius 2 is 2.00 bits per heavy atom. The minimum atomic E-state index is -0.244. The van der Waals surface area contributed by atoms with Gasteiger partial charge in [-0.15, -0.1) is 11.3 Å². The number of hydrogen-bond acceptors (Lipinski definition) is 6. The van der Waals surface area contributed by atoms with E-state index in [1.54, 1.807) is 0 Å². The molecule has 1 heterocycles. The molecule has 0 saturated heterocycles. The molecule has 0 aliphatic rings. The van der Waals surface area contributed by atoms with Crippen LogP contribution in [-0.2, 0) is 16.1 Å². The highest BCUT2D eigenvalue weighted by molar-refractivity contribution is 9.10. The largest absolute Gasteiger partial charge is 0.488 e. The lowest BCUT2D eigenvalue weighted by molar-refractivity contribution is -0.140. The van der Waals surface area contributed by atoms with E-state index in [0.717, 1.165) is 37.7 Å². The number of ether oxygens (including phenoxy) is 2. The minimum Gasteiger partial charge on any atom is -0.488 e. The molecule has 5 nitrogen and oxygen atoms in total. The van der Waals surface area contributed by atoms with Gasteiger partial charge in [0.1, 0.15) is 12.4 Å². The van der Waals surface area contributed by atoms with E-state index in [-0.39, 0.29) is 5.97 Å². The van der Waals surface area contributed by atoms with Crippen molar-refractivity contribution in [3.8, 4) is 17.0 Å². The molecule has 0 unspecified atom stereocenters. The predicted molar refractivity (Wildman–Crippen MR) is 116 cm³/mol. The molecule has 146 valence electrons. The van der Waals surface area contributed by atoms with Crippen molar-refractivity contribution in [2.24, 2.45) is 0 Å². The van der Waals surface area contributed by atoms with Crippen molar-refractivity contribution in [3.63, 3.8) is 0 Å². The van der Waals surface area contributed by atoms with Crippen molar-refractivity contribution in [1.82, 2.24) is 4.98 Å². The van der Waals surface area contributed by atoms with Gasteiger partial charge in [-0.25, -0.2) is 4.98 Å². The summed E-state index contributed by atoms with van der Waals surface area (Å²) in [4.78, 5) is 15.9. The van der Waals surface area contributed by atoms with Crippen LogP contribution < -0.4 is 10.1 Å². The van der Waals surface area contributed by atoms with Crippen LogP contribution in [0.4, 0.5) is 5.13 Å². The number of carbonyl (C=O) groups excluding carboxylic acids is 1. The highest BCUT2D eigenvalue weighted by atomic mass is 79.9. The van der Waals surface area contributed by atoms with Gasteiger partial charge >= 0.3 is 5.97 Å². The van der Waals surface area contributed by atoms with Crippen molar-refractivity contribution in [2.45, 2.75) is 20.0 Å². The van der Waals surface area contributed by atoms with E-state index in [4.69, 9.17) is 4.74 Å². The summed E-state index contributed by atoms with van der Waals surface area (Å²) in [6, 6.07) is 14.1. The van der Waals surface area contributed by atoms with E-state index < -0.39 is 0 Å². The smallest absolute Gasteiger partial charge is 0.307 e. The van der Waals surface area contributed by atoms with Gasteiger partial charge in [-0.05, 0) is 36.8 Å². The van der Waals surface area contributed by atoms with E-state index in [1.165, 1.54) is 18.4 Å². The van der Waals surface area contributed by atoms with Gasteiger partial charge < -0.3 is 14.8 Å². The van der Waals surface area contributed by atoms with Crippen LogP contribution in [0.5, 0.6) is 5.75 Å². The number of anilines is 1. The molecule has 0 saturated carbocycles. The number of methoxy groups -OCH3 is 1. The average Bonchev–Trinajstić information content (AvgIpc) is 3.17. The van der Waals surface area contributed by atoms with Crippen LogP contribution in [0.3, 0.4) is 0 Å². The molecule has 0 atom stereocenters. The number of esters is 1. The Bertz CT molecular complexity index is 941. The molecule has 1 aromatic heterocycles. The first-order valence-corrected chi connectivity index (χ1v) is 10.5. The second-order valence-corrected chi connectivity index (χ2v) is 7.98. The molecule has 0 amide bonds. The van der Waals surface area contributed by atoms with Gasteiger partial charge in [-0.1, -0.05) is 39.7 Å². The number of thiazole rings is 1. The molecule has 0 radical (unpaired) electrons. The van der Waals surface area contributed by atoms with Gasteiger partial charge in [-0.2, -0.15) is 0 Å². The van der Waals surface area contributed by atoms with E-state index in [9.17, 15) is 4.79 Å². The maximum Gasteiger partial charge on any atom is 0.307 e. The molecule has 2 aromatic carbocycles. The highest BCUT2D eigenvalue weighted by Gasteiger charge is 2.12. The van der Waals surface area contributed by atoms with Gasteiger partial charge in [0.05, 0.1) is 19.2 Å². The summed E-state index contributed by atoms with van der Waals surface area (Å²) in [7, 11) is 1.39. The second kappa shape index (κ2) is 9.71. The summed E-state index contributed by atoms with van der Waals surface area (Å²) in [5.74, 6) is 0.548. The molecule has 0 aliphatic carbocycles. The van der Waals surface area contributed by atoms with Crippen molar-refractivity contribution in [2.75, 3.05) is 19.0 Å². The first-order chi connectivity index (χ1) is 13.5. The van der Waals surface area contributed by atoms with Crippen LogP contribution in [-0.4, -0.2) is 24.6 Å². The maximum absolute atomic E-state index is 11.2. The zero-order valence-corrected chi connectivity index (χ0v) is 18.1. The Balaban J connectivity index is 1.71. The molecular formula is C21H21BrN2O3S. The molecule has 7 heteroatoms. The first kappa shape index (κ1) is 20.4. The minimum absolute atomic E-state index is 0.244. The lowest BCUT2D eigenvalue weighted by atomic mass is 10.1. The standard InChI is InChI=1S/C21H21BrN2O3S/c1-14-3-8-19(27-12-15-4-6-16(22)7-5-15)17(11-14)18-13-28-21(24-18)23-10-9-20(25)26-2/h3-8,11,13H,9-10,12H2,1-2H3,(H,23,24). The zero-order chi connectivity index (χ0) is 19.9. The van der Waals surface area contributed by atoms with Crippen LogP contribution in [0.15, 0.2) is 52.3 Å². The van der Waals surface area contributed by atoms with Gasteiger partial charge in [-0.3, -0.25) is 4.79 Å². The molecule has 0 aliphatic heterocycles. The Morgan fingerprint density at radius 1 is 1.21 bits per heavy atom. The molecule has 28 heavy (non-hydrogen) atoms. The lowest BCUT2D eigenvalue weighted by Crippen LogP contribution is -2.09. The number of halogens is 1. The Morgan fingerprint density at radius 3 is 2.75 bits per heavy atom. The lowest BCUT2D eigenvalue weighted by Gasteiger charge is -2.11. The number of nitrogens with zero attached hydrogens (tertiary/aromatic N) is 1. The topological polar surface area (TPSA) is 60.5 Å². The first-order valence-electron chi connectivity index (χ1n) is 8.79. The van der Waals surface area contributed by atoms with Crippen LogP contribution in [0, 0.1) is 6.92 Å². The van der Waals surface area contributed by atoms with Crippen LogP contribution >= 0.6 is 27.3 Å². The van der Waals surface area contributed by atoms with Gasteiger partial charge in [0.25, 0.3) is 0 Å². The van der Waals surface area contributed by atoms with E-state index >= 15 is 0 Å². The number of hydrogen-bond donors (Lipinski definition) is 1. The second-order valence-electron chi connectivity index (χ2n) is 6.21. The Kier molecular flexibility index (Phi) is 7.06. The Labute approximate surface area is 176 Å². The monoisotopic (exact) mass is 460 g/mol. The fourth-order valence-corrected chi connectivity index (χ4v) is 3.57. The molecule has 3 aromatic rings. The summed E-state index contributed by atoms with van der Waals surface area (Å²) < 4.78 is 11.8. The van der Waals surface area contributed by atoms with E-state index in [1.807, 2.05) is 48.7 Å². The number of aryl methyl sites for hydroxylation is 1. The van der Waals surface area contributed by atoms with Crippen LogP contribution in [0.2, 0.25) is 0 Å². The third-order valence-electron chi connectivity index (χ3n) is 4.06. The molecule has 1 N–H and O–H groups in total. The summed E-state index contributed by atoms with van der Waals surface area (Å²) >= 11 is 4.94. The van der Waals surface area contributed by atoms with Gasteiger partial charge in [0.2, 0.25) is 0 Å². The summed E-state index contributed by atoms with van der Waals surface area (Å²) in [6.45, 7) is 3.02. The molecule has 0 bridgehead atoms. The van der Waals surface area contributed by atoms with Gasteiger partial charge in [0, 0.05) is 22.0 Å². The third-order valence-corrected chi connectivity index (χ3v) is 5.38. The molecule has 0 spiro atoms. The number of benzene rings is 2. The molecule has 0 fully saturated rings. The van der Waals surface area contributed by atoms with E-state index in [2.05, 4.69) is 37.0 Å². The molecular weight excluding hydrogens is 440 g/mol. The van der Waals surface area contributed by atoms with Crippen molar-refractivity contribution >= 4 is 38.4 Å². The van der Waals surface area contributed by atoms with E-state index in [0.29, 0.717) is 19.6 Å². The predicted octanol–water partition coefficient (Wildman–Crippen LogP) is 5.44. The summed E-state index contributed by atoms with van der Waals surface area (Å²) in [5.41, 5.74) is 4.03. The number of aromatic nitrogens is 1. The van der Waals surface area contributed by atoms with Crippen molar-refractivity contribution < 1.29 is 14.3 Å². The normalized spacial score (nSPS) is 10.5. The SMILES string of the molecule is COC(=O)CCNc1nc(-c2cc(C)ccc2OCc2ccc(Br)cc2)cs1. The number of rotatable bonds is 8. The zero-order valence-electron chi connectivity index (χ0n) is 15.7. The molecule has 3 rings (SSSR count). The highest BCUT2D eigenvalue weighted by Crippen LogP contribution is 2.33. The fraction of sp³-hybridized carbons (Fsp3) is 0.238. The fourth-order valence-electron chi connectivity index (χ4n) is 2.56.